The Bertz CT molecular complexity index is 720. The van der Waals surface area contributed by atoms with E-state index < -0.39 is 0 Å². The minimum absolute atomic E-state index is 0.0621. The van der Waals surface area contributed by atoms with Crippen LogP contribution in [0.1, 0.15) is 16.9 Å². The Morgan fingerprint density at radius 3 is 2.95 bits per heavy atom. The van der Waals surface area contributed by atoms with Crippen LogP contribution in [-0.4, -0.2) is 21.8 Å². The van der Waals surface area contributed by atoms with Crippen LogP contribution in [0.15, 0.2) is 47.6 Å². The average molecular weight is 253 g/mol. The molecule has 2 heterocycles. The predicted octanol–water partition coefficient (Wildman–Crippen LogP) is 1.99. The number of phenols is 1. The molecule has 5 nitrogen and oxygen atoms in total. The fourth-order valence-electron chi connectivity index (χ4n) is 1.90. The van der Waals surface area contributed by atoms with Crippen LogP contribution in [0, 0.1) is 0 Å². The third kappa shape index (κ3) is 2.18. The van der Waals surface area contributed by atoms with Gasteiger partial charge in [-0.1, -0.05) is 24.3 Å². The van der Waals surface area contributed by atoms with Crippen molar-refractivity contribution in [3.8, 4) is 5.75 Å². The maximum absolute atomic E-state index is 12.0. The van der Waals surface area contributed by atoms with Crippen molar-refractivity contribution < 1.29 is 9.90 Å². The lowest BCUT2D eigenvalue weighted by atomic mass is 10.2. The zero-order chi connectivity index (χ0) is 13.2. The molecule has 0 radical (unpaired) electrons. The maximum Gasteiger partial charge on any atom is 0.275 e. The molecule has 0 saturated carbocycles. The highest BCUT2D eigenvalue weighted by atomic mass is 16.3. The first-order valence-electron chi connectivity index (χ1n) is 5.86. The number of nitrogens with zero attached hydrogens (tertiary/aromatic N) is 2. The van der Waals surface area contributed by atoms with Crippen LogP contribution in [0.5, 0.6) is 5.75 Å². The van der Waals surface area contributed by atoms with Crippen LogP contribution in [0.2, 0.25) is 0 Å². The Kier molecular flexibility index (Phi) is 2.72. The number of aromatic hydroxyl groups is 1. The number of amidine groups is 1. The molecule has 0 atom stereocenters. The van der Waals surface area contributed by atoms with E-state index in [9.17, 15) is 9.90 Å². The van der Waals surface area contributed by atoms with Crippen molar-refractivity contribution in [1.82, 2.24) is 10.3 Å². The van der Waals surface area contributed by atoms with Crippen LogP contribution in [-0.2, 0) is 0 Å². The Hall–Kier alpha value is -2.69. The van der Waals surface area contributed by atoms with Gasteiger partial charge in [0.1, 0.15) is 22.8 Å². The number of para-hydroxylation sites is 1. The van der Waals surface area contributed by atoms with E-state index in [0.717, 1.165) is 5.39 Å². The summed E-state index contributed by atoms with van der Waals surface area (Å²) in [6.07, 6.45) is 4.12. The van der Waals surface area contributed by atoms with E-state index in [1.165, 1.54) is 0 Å². The van der Waals surface area contributed by atoms with Crippen LogP contribution in [0.3, 0.4) is 0 Å². The van der Waals surface area contributed by atoms with Crippen molar-refractivity contribution in [2.75, 3.05) is 0 Å². The van der Waals surface area contributed by atoms with Gasteiger partial charge in [-0.15, -0.1) is 0 Å². The summed E-state index contributed by atoms with van der Waals surface area (Å²) in [4.78, 5) is 20.2. The quantitative estimate of drug-likeness (QED) is 0.816. The van der Waals surface area contributed by atoms with Gasteiger partial charge in [-0.05, 0) is 12.1 Å². The van der Waals surface area contributed by atoms with Crippen molar-refractivity contribution in [1.29, 1.82) is 0 Å². The normalized spacial score (nSPS) is 13.6. The molecule has 1 amide bonds. The van der Waals surface area contributed by atoms with Gasteiger partial charge < -0.3 is 10.4 Å². The molecule has 1 aromatic heterocycles. The second-order valence-corrected chi connectivity index (χ2v) is 4.16. The highest BCUT2D eigenvalue weighted by molar-refractivity contribution is 6.07. The minimum atomic E-state index is -0.326. The van der Waals surface area contributed by atoms with Crippen molar-refractivity contribution in [3.63, 3.8) is 0 Å². The summed E-state index contributed by atoms with van der Waals surface area (Å²) < 4.78 is 0. The van der Waals surface area contributed by atoms with E-state index in [1.807, 2.05) is 12.1 Å². The number of aromatic nitrogens is 1. The summed E-state index contributed by atoms with van der Waals surface area (Å²) in [5.41, 5.74) is 0.672. The lowest BCUT2D eigenvalue weighted by Gasteiger charge is -2.05. The summed E-state index contributed by atoms with van der Waals surface area (Å²) in [7, 11) is 0. The molecule has 2 N–H and O–H groups in total. The van der Waals surface area contributed by atoms with Crippen LogP contribution < -0.4 is 5.32 Å². The van der Waals surface area contributed by atoms with E-state index in [2.05, 4.69) is 15.3 Å². The third-order valence-corrected chi connectivity index (χ3v) is 2.84. The SMILES string of the molecule is O=C(NC1=NC=CC1)c1ccc2cccc(O)c2n1. The largest absolute Gasteiger partial charge is 0.506 e. The number of carbonyl (C=O) groups excluding carboxylic acids is 1. The topological polar surface area (TPSA) is 74.6 Å². The molecule has 0 fully saturated rings. The number of aliphatic imine (C=N–C) groups is 1. The molecule has 1 aromatic carbocycles. The third-order valence-electron chi connectivity index (χ3n) is 2.84. The van der Waals surface area contributed by atoms with E-state index in [4.69, 9.17) is 0 Å². The van der Waals surface area contributed by atoms with Gasteiger partial charge in [-0.3, -0.25) is 4.79 Å². The number of hydrogen-bond donors (Lipinski definition) is 2. The first-order chi connectivity index (χ1) is 9.24. The Morgan fingerprint density at radius 2 is 2.16 bits per heavy atom. The van der Waals surface area contributed by atoms with E-state index in [0.29, 0.717) is 17.8 Å². The van der Waals surface area contributed by atoms with Gasteiger partial charge >= 0.3 is 0 Å². The fraction of sp³-hybridized carbons (Fsp3) is 0.0714. The Balaban J connectivity index is 1.92. The molecular weight excluding hydrogens is 242 g/mol. The zero-order valence-electron chi connectivity index (χ0n) is 10.00. The van der Waals surface area contributed by atoms with Gasteiger partial charge in [0.2, 0.25) is 0 Å². The molecule has 0 aliphatic carbocycles. The Labute approximate surface area is 109 Å². The molecule has 0 spiro atoms. The van der Waals surface area contributed by atoms with Gasteiger partial charge in [0, 0.05) is 18.0 Å². The highest BCUT2D eigenvalue weighted by Gasteiger charge is 2.12. The molecule has 1 aliphatic rings. The summed E-state index contributed by atoms with van der Waals surface area (Å²) in [6.45, 7) is 0. The van der Waals surface area contributed by atoms with Crippen molar-refractivity contribution in [2.45, 2.75) is 6.42 Å². The molecule has 3 rings (SSSR count). The number of benzene rings is 1. The number of hydrogen-bond acceptors (Lipinski definition) is 4. The van der Waals surface area contributed by atoms with E-state index in [1.54, 1.807) is 30.5 Å². The van der Waals surface area contributed by atoms with Crippen molar-refractivity contribution in [2.24, 2.45) is 4.99 Å². The minimum Gasteiger partial charge on any atom is -0.506 e. The van der Waals surface area contributed by atoms with E-state index >= 15 is 0 Å². The molecule has 0 bridgehead atoms. The van der Waals surface area contributed by atoms with Crippen LogP contribution in [0.4, 0.5) is 0 Å². The lowest BCUT2D eigenvalue weighted by Crippen LogP contribution is -2.29. The molecule has 0 saturated heterocycles. The molecule has 1 aliphatic heterocycles. The highest BCUT2D eigenvalue weighted by Crippen LogP contribution is 2.22. The number of fused-ring (bicyclic) bond motifs is 1. The average Bonchev–Trinajstić information content (AvgIpc) is 2.92. The molecule has 94 valence electrons. The zero-order valence-corrected chi connectivity index (χ0v) is 10.00. The number of carbonyl (C=O) groups is 1. The van der Waals surface area contributed by atoms with Crippen LogP contribution in [0.25, 0.3) is 10.9 Å². The smallest absolute Gasteiger partial charge is 0.275 e. The molecule has 0 unspecified atom stereocenters. The molecule has 5 heteroatoms. The van der Waals surface area contributed by atoms with Gasteiger partial charge in [0.05, 0.1) is 0 Å². The second-order valence-electron chi connectivity index (χ2n) is 4.16. The standard InChI is InChI=1S/C14H11N3O2/c18-11-4-1-3-9-6-7-10(16-13(9)11)14(19)17-12-5-2-8-15-12/h1-4,6-8,18H,5H2,(H,15,17,19). The number of phenolic OH excluding ortho intramolecular Hbond substituents is 1. The summed E-state index contributed by atoms with van der Waals surface area (Å²) in [5, 5.41) is 13.2. The first-order valence-corrected chi connectivity index (χ1v) is 5.86. The van der Waals surface area contributed by atoms with Gasteiger partial charge in [0.15, 0.2) is 0 Å². The number of pyridine rings is 1. The number of nitrogens with one attached hydrogen (secondary N) is 1. The summed E-state index contributed by atoms with van der Waals surface area (Å²) in [6, 6.07) is 8.49. The first kappa shape index (κ1) is 11.4. The van der Waals surface area contributed by atoms with Crippen LogP contribution >= 0.6 is 0 Å². The molecule has 19 heavy (non-hydrogen) atoms. The summed E-state index contributed by atoms with van der Waals surface area (Å²) >= 11 is 0. The molecular formula is C14H11N3O2. The van der Waals surface area contributed by atoms with Crippen molar-refractivity contribution >= 4 is 22.6 Å². The van der Waals surface area contributed by atoms with Gasteiger partial charge in [0.25, 0.3) is 5.91 Å². The second kappa shape index (κ2) is 4.53. The molecule has 2 aromatic rings. The Morgan fingerprint density at radius 1 is 1.26 bits per heavy atom. The van der Waals surface area contributed by atoms with Gasteiger partial charge in [-0.2, -0.15) is 0 Å². The maximum atomic E-state index is 12.0. The van der Waals surface area contributed by atoms with Crippen molar-refractivity contribution in [3.05, 3.63) is 48.3 Å². The fourth-order valence-corrected chi connectivity index (χ4v) is 1.90. The number of rotatable bonds is 1. The number of amides is 1. The summed E-state index contributed by atoms with van der Waals surface area (Å²) in [5.74, 6) is 0.337. The predicted molar refractivity (Wildman–Crippen MR) is 72.1 cm³/mol. The lowest BCUT2D eigenvalue weighted by molar-refractivity contribution is 0.0972. The monoisotopic (exact) mass is 253 g/mol. The van der Waals surface area contributed by atoms with Gasteiger partial charge in [-0.25, -0.2) is 9.98 Å². The van der Waals surface area contributed by atoms with E-state index in [-0.39, 0.29) is 17.4 Å².